The molecule has 0 amide bonds. The van der Waals surface area contributed by atoms with E-state index in [-0.39, 0.29) is 6.71 Å². The molecule has 1 aliphatic heterocycles. The fourth-order valence-electron chi connectivity index (χ4n) is 8.26. The van der Waals surface area contributed by atoms with Crippen molar-refractivity contribution in [1.82, 2.24) is 19.1 Å². The van der Waals surface area contributed by atoms with Crippen molar-refractivity contribution < 1.29 is 0 Å². The molecule has 0 aliphatic carbocycles. The molecular weight excluding hydrogens is 571 g/mol. The van der Waals surface area contributed by atoms with Crippen LogP contribution in [-0.4, -0.2) is 25.8 Å². The lowest BCUT2D eigenvalue weighted by molar-refractivity contribution is 0.994. The van der Waals surface area contributed by atoms with Crippen LogP contribution in [0.2, 0.25) is 0 Å². The highest BCUT2D eigenvalue weighted by Crippen LogP contribution is 2.41. The van der Waals surface area contributed by atoms with E-state index in [0.717, 1.165) is 22.2 Å². The van der Waals surface area contributed by atoms with Crippen LogP contribution in [0.5, 0.6) is 0 Å². The fraction of sp³-hybridized carbons (Fsp3) is 0.0476. The van der Waals surface area contributed by atoms with Crippen LogP contribution in [0.25, 0.3) is 66.4 Å². The van der Waals surface area contributed by atoms with Crippen LogP contribution in [0.15, 0.2) is 140 Å². The number of nitrogens with zero attached hydrogens (tertiary/aromatic N) is 4. The lowest BCUT2D eigenvalue weighted by Gasteiger charge is -2.15. The molecule has 0 unspecified atom stereocenters. The van der Waals surface area contributed by atoms with Gasteiger partial charge in [-0.2, -0.15) is 0 Å². The van der Waals surface area contributed by atoms with E-state index in [4.69, 9.17) is 9.97 Å². The summed E-state index contributed by atoms with van der Waals surface area (Å²) in [6, 6.07) is 45.8. The zero-order valence-corrected chi connectivity index (χ0v) is 26.1. The fourth-order valence-corrected chi connectivity index (χ4v) is 8.26. The lowest BCUT2D eigenvalue weighted by atomic mass is 9.38. The van der Waals surface area contributed by atoms with Gasteiger partial charge in [0.25, 0.3) is 0 Å². The first kappa shape index (κ1) is 26.3. The van der Waals surface area contributed by atoms with Crippen LogP contribution in [-0.2, 0) is 0 Å². The normalized spacial score (nSPS) is 12.4. The third-order valence-electron chi connectivity index (χ3n) is 10.2. The Morgan fingerprint density at radius 3 is 1.57 bits per heavy atom. The van der Waals surface area contributed by atoms with Crippen LogP contribution in [0.4, 0.5) is 0 Å². The monoisotopic (exact) mass is 600 g/mol. The molecular formula is C42H29BN4. The molecule has 0 spiro atoms. The lowest BCUT2D eigenvalue weighted by Crippen LogP contribution is -2.51. The van der Waals surface area contributed by atoms with Crippen molar-refractivity contribution >= 4 is 66.7 Å². The maximum Gasteiger partial charge on any atom is 0.247 e. The molecule has 47 heavy (non-hydrogen) atoms. The van der Waals surface area contributed by atoms with Crippen LogP contribution >= 0.6 is 0 Å². The molecule has 0 N–H and O–H groups in total. The van der Waals surface area contributed by atoms with Gasteiger partial charge >= 0.3 is 0 Å². The highest BCUT2D eigenvalue weighted by molar-refractivity contribution is 6.99. The zero-order valence-electron chi connectivity index (χ0n) is 26.1. The first-order valence-corrected chi connectivity index (χ1v) is 16.2. The van der Waals surface area contributed by atoms with Gasteiger partial charge in [-0.1, -0.05) is 113 Å². The van der Waals surface area contributed by atoms with Crippen molar-refractivity contribution in [3.05, 3.63) is 151 Å². The van der Waals surface area contributed by atoms with E-state index in [1.54, 1.807) is 0 Å². The maximum absolute atomic E-state index is 5.11. The summed E-state index contributed by atoms with van der Waals surface area (Å²) in [5.41, 5.74) is 14.8. The van der Waals surface area contributed by atoms with E-state index in [1.165, 1.54) is 65.8 Å². The maximum atomic E-state index is 5.11. The standard InChI is InChI=1S/C42H29BN4/c1-26-12-10-18-30-31-19-11-13-27(2)41(31)43(40(26)30)28-24-44-42(45-25-28)47-35-21-9-7-17-33(35)39-37(47)23-22-36-38(39)32-16-6-8-20-34(32)46(36)29-14-4-3-5-15-29/h3-25H,1-2H3. The van der Waals surface area contributed by atoms with Crippen molar-refractivity contribution in [2.45, 2.75) is 13.8 Å². The molecule has 5 heteroatoms. The predicted molar refractivity (Wildman–Crippen MR) is 197 cm³/mol. The molecule has 0 bridgehead atoms. The second-order valence-electron chi connectivity index (χ2n) is 12.7. The second kappa shape index (κ2) is 9.78. The van der Waals surface area contributed by atoms with Gasteiger partial charge in [0.05, 0.1) is 22.1 Å². The molecule has 9 aromatic rings. The largest absolute Gasteiger partial charge is 0.309 e. The Hall–Kier alpha value is -5.94. The van der Waals surface area contributed by atoms with Gasteiger partial charge in [-0.3, -0.25) is 4.57 Å². The van der Waals surface area contributed by atoms with Crippen LogP contribution < -0.4 is 16.4 Å². The van der Waals surface area contributed by atoms with Gasteiger partial charge in [-0.05, 0) is 66.8 Å². The summed E-state index contributed by atoms with van der Waals surface area (Å²) in [5.74, 6) is 0.680. The zero-order chi connectivity index (χ0) is 31.2. The summed E-state index contributed by atoms with van der Waals surface area (Å²) in [5, 5.41) is 4.90. The first-order valence-electron chi connectivity index (χ1n) is 16.2. The summed E-state index contributed by atoms with van der Waals surface area (Å²) >= 11 is 0. The molecule has 4 nitrogen and oxygen atoms in total. The molecule has 0 atom stereocenters. The Labute approximate surface area is 272 Å². The molecule has 4 heterocycles. The minimum atomic E-state index is 0.110. The molecule has 0 fully saturated rings. The van der Waals surface area contributed by atoms with Gasteiger partial charge in [0.2, 0.25) is 12.7 Å². The van der Waals surface area contributed by atoms with E-state index in [0.29, 0.717) is 5.95 Å². The number of rotatable bonds is 3. The van der Waals surface area contributed by atoms with E-state index in [1.807, 2.05) is 12.4 Å². The first-order chi connectivity index (χ1) is 23.2. The highest BCUT2D eigenvalue weighted by Gasteiger charge is 2.36. The molecule has 220 valence electrons. The number of fused-ring (bicyclic) bond motifs is 10. The van der Waals surface area contributed by atoms with E-state index in [9.17, 15) is 0 Å². The number of benzene rings is 6. The summed E-state index contributed by atoms with van der Waals surface area (Å²) in [7, 11) is 0. The van der Waals surface area contributed by atoms with Crippen molar-refractivity contribution in [3.63, 3.8) is 0 Å². The number of aryl methyl sites for hydroxylation is 2. The summed E-state index contributed by atoms with van der Waals surface area (Å²) in [4.78, 5) is 10.2. The van der Waals surface area contributed by atoms with E-state index < -0.39 is 0 Å². The van der Waals surface area contributed by atoms with Gasteiger partial charge in [0, 0.05) is 39.6 Å². The van der Waals surface area contributed by atoms with Gasteiger partial charge < -0.3 is 4.57 Å². The quantitative estimate of drug-likeness (QED) is 0.194. The van der Waals surface area contributed by atoms with Crippen LogP contribution in [0.3, 0.4) is 0 Å². The second-order valence-corrected chi connectivity index (χ2v) is 12.7. The van der Waals surface area contributed by atoms with Crippen LogP contribution in [0.1, 0.15) is 11.1 Å². The summed E-state index contributed by atoms with van der Waals surface area (Å²) in [6.45, 7) is 4.55. The molecule has 0 radical (unpaired) electrons. The minimum Gasteiger partial charge on any atom is -0.309 e. The number of para-hydroxylation sites is 3. The molecule has 6 aromatic carbocycles. The van der Waals surface area contributed by atoms with Crippen molar-refractivity contribution in [2.75, 3.05) is 0 Å². The molecule has 3 aromatic heterocycles. The third-order valence-corrected chi connectivity index (χ3v) is 10.2. The number of hydrogen-bond acceptors (Lipinski definition) is 2. The smallest absolute Gasteiger partial charge is 0.247 e. The number of aromatic nitrogens is 4. The average Bonchev–Trinajstić information content (AvgIpc) is 3.76. The van der Waals surface area contributed by atoms with Gasteiger partial charge in [0.15, 0.2) is 0 Å². The Balaban J connectivity index is 1.21. The van der Waals surface area contributed by atoms with E-state index in [2.05, 4.69) is 150 Å². The molecule has 10 rings (SSSR count). The Kier molecular flexibility index (Phi) is 5.47. The Morgan fingerprint density at radius 2 is 0.979 bits per heavy atom. The van der Waals surface area contributed by atoms with E-state index >= 15 is 0 Å². The topological polar surface area (TPSA) is 35.6 Å². The SMILES string of the molecule is Cc1cccc2c1B(c1cnc(-n3c4ccccc4c4c5c6ccccc6n(-c6ccccc6)c5ccc43)nc1)c1c(C)cccc1-2. The van der Waals surface area contributed by atoms with Gasteiger partial charge in [-0.25, -0.2) is 9.97 Å². The number of hydrogen-bond donors (Lipinski definition) is 0. The summed E-state index contributed by atoms with van der Waals surface area (Å²) < 4.78 is 4.61. The average molecular weight is 601 g/mol. The molecule has 0 saturated carbocycles. The predicted octanol–water partition coefficient (Wildman–Crippen LogP) is 7.78. The van der Waals surface area contributed by atoms with Crippen molar-refractivity contribution in [2.24, 2.45) is 0 Å². The van der Waals surface area contributed by atoms with Gasteiger partial charge in [-0.15, -0.1) is 0 Å². The molecule has 0 saturated heterocycles. The Morgan fingerprint density at radius 1 is 0.468 bits per heavy atom. The Bertz CT molecular complexity index is 2650. The van der Waals surface area contributed by atoms with Gasteiger partial charge in [0.1, 0.15) is 0 Å². The minimum absolute atomic E-state index is 0.110. The van der Waals surface area contributed by atoms with Crippen molar-refractivity contribution in [3.8, 4) is 22.8 Å². The van der Waals surface area contributed by atoms with Crippen molar-refractivity contribution in [1.29, 1.82) is 0 Å². The highest BCUT2D eigenvalue weighted by atomic mass is 15.1. The third kappa shape index (κ3) is 3.60. The molecule has 1 aliphatic rings. The summed E-state index contributed by atoms with van der Waals surface area (Å²) in [6.07, 6.45) is 4.09. The van der Waals surface area contributed by atoms with Crippen LogP contribution in [0, 0.1) is 13.8 Å².